The van der Waals surface area contributed by atoms with Gasteiger partial charge in [-0.25, -0.2) is 8.42 Å². The third kappa shape index (κ3) is 2.73. The first-order valence-electron chi connectivity index (χ1n) is 6.03. The molecule has 0 saturated carbocycles. The Kier molecular flexibility index (Phi) is 4.19. The molecule has 0 saturated heterocycles. The van der Waals surface area contributed by atoms with Crippen molar-refractivity contribution in [3.05, 3.63) is 41.2 Å². The van der Waals surface area contributed by atoms with Gasteiger partial charge in [0, 0.05) is 12.4 Å². The zero-order chi connectivity index (χ0) is 14.9. The van der Waals surface area contributed by atoms with Gasteiger partial charge in [0.1, 0.15) is 4.90 Å². The Morgan fingerprint density at radius 1 is 1.30 bits per heavy atom. The highest BCUT2D eigenvalue weighted by molar-refractivity contribution is 9.08. The fourth-order valence-corrected chi connectivity index (χ4v) is 4.11. The van der Waals surface area contributed by atoms with Crippen LogP contribution >= 0.6 is 15.9 Å². The van der Waals surface area contributed by atoms with Gasteiger partial charge in [-0.05, 0) is 25.5 Å². The second-order valence-electron chi connectivity index (χ2n) is 4.52. The molecule has 0 aliphatic rings. The van der Waals surface area contributed by atoms with Crippen molar-refractivity contribution in [3.8, 4) is 0 Å². The molecular formula is C13H16BrN3O2S. The second kappa shape index (κ2) is 5.57. The minimum atomic E-state index is -3.64. The van der Waals surface area contributed by atoms with Gasteiger partial charge in [-0.3, -0.25) is 9.40 Å². The molecule has 0 amide bonds. The zero-order valence-corrected chi connectivity index (χ0v) is 13.9. The van der Waals surface area contributed by atoms with E-state index in [2.05, 4.69) is 25.8 Å². The maximum absolute atomic E-state index is 12.5. The van der Waals surface area contributed by atoms with Crippen LogP contribution in [0.2, 0.25) is 0 Å². The van der Waals surface area contributed by atoms with E-state index in [9.17, 15) is 8.42 Å². The SMILES string of the molecule is Cc1nn(C)c(C)c1S(=O)(=O)Nc1ccccc1CBr. The molecule has 0 aliphatic carbocycles. The van der Waals surface area contributed by atoms with Gasteiger partial charge in [-0.2, -0.15) is 5.10 Å². The molecule has 1 N–H and O–H groups in total. The minimum absolute atomic E-state index is 0.240. The van der Waals surface area contributed by atoms with E-state index in [1.54, 1.807) is 37.7 Å². The summed E-state index contributed by atoms with van der Waals surface area (Å²) >= 11 is 3.35. The number of hydrogen-bond donors (Lipinski definition) is 1. The monoisotopic (exact) mass is 357 g/mol. The van der Waals surface area contributed by atoms with Crippen molar-refractivity contribution in [1.82, 2.24) is 9.78 Å². The lowest BCUT2D eigenvalue weighted by Crippen LogP contribution is -2.15. The van der Waals surface area contributed by atoms with Crippen LogP contribution < -0.4 is 4.72 Å². The molecule has 2 rings (SSSR count). The normalized spacial score (nSPS) is 11.6. The molecule has 0 bridgehead atoms. The highest BCUT2D eigenvalue weighted by Crippen LogP contribution is 2.25. The fourth-order valence-electron chi connectivity index (χ4n) is 2.08. The first-order valence-corrected chi connectivity index (χ1v) is 8.64. The Morgan fingerprint density at radius 3 is 2.50 bits per heavy atom. The molecule has 2 aromatic rings. The maximum atomic E-state index is 12.5. The van der Waals surface area contributed by atoms with Crippen LogP contribution in [0.15, 0.2) is 29.2 Å². The molecule has 1 aromatic carbocycles. The van der Waals surface area contributed by atoms with Crippen molar-refractivity contribution >= 4 is 31.6 Å². The van der Waals surface area contributed by atoms with Crippen molar-refractivity contribution < 1.29 is 8.42 Å². The Hall–Kier alpha value is -1.34. The minimum Gasteiger partial charge on any atom is -0.279 e. The average molecular weight is 358 g/mol. The summed E-state index contributed by atoms with van der Waals surface area (Å²) in [7, 11) is -1.91. The van der Waals surface area contributed by atoms with Crippen LogP contribution in [0, 0.1) is 13.8 Å². The number of aryl methyl sites for hydroxylation is 2. The first-order chi connectivity index (χ1) is 9.36. The number of rotatable bonds is 4. The third-order valence-electron chi connectivity index (χ3n) is 3.12. The van der Waals surface area contributed by atoms with Crippen LogP contribution in [0.3, 0.4) is 0 Å². The molecule has 20 heavy (non-hydrogen) atoms. The van der Waals surface area contributed by atoms with Gasteiger partial charge in [-0.1, -0.05) is 34.1 Å². The smallest absolute Gasteiger partial charge is 0.265 e. The van der Waals surface area contributed by atoms with Crippen molar-refractivity contribution in [2.75, 3.05) is 4.72 Å². The molecule has 1 aromatic heterocycles. The molecule has 5 nitrogen and oxygen atoms in total. The second-order valence-corrected chi connectivity index (χ2v) is 6.70. The van der Waals surface area contributed by atoms with E-state index in [1.807, 2.05) is 12.1 Å². The number of nitrogens with one attached hydrogen (secondary N) is 1. The Bertz CT molecular complexity index is 738. The van der Waals surface area contributed by atoms with Gasteiger partial charge in [0.05, 0.1) is 17.1 Å². The molecule has 0 aliphatic heterocycles. The van der Waals surface area contributed by atoms with E-state index >= 15 is 0 Å². The standard InChI is InChI=1S/C13H16BrN3O2S/c1-9-13(10(2)17(3)15-9)20(18,19)16-12-7-5-4-6-11(12)8-14/h4-7,16H,8H2,1-3H3. The topological polar surface area (TPSA) is 64.0 Å². The number of alkyl halides is 1. The Balaban J connectivity index is 2.46. The fraction of sp³-hybridized carbons (Fsp3) is 0.308. The van der Waals surface area contributed by atoms with Crippen molar-refractivity contribution in [2.24, 2.45) is 7.05 Å². The Labute approximate surface area is 127 Å². The van der Waals surface area contributed by atoms with Crippen LogP contribution in [-0.4, -0.2) is 18.2 Å². The maximum Gasteiger partial charge on any atom is 0.265 e. The first kappa shape index (κ1) is 15.1. The molecule has 0 fully saturated rings. The zero-order valence-electron chi connectivity index (χ0n) is 11.5. The summed E-state index contributed by atoms with van der Waals surface area (Å²) in [5.74, 6) is 0. The third-order valence-corrected chi connectivity index (χ3v) is 5.34. The van der Waals surface area contributed by atoms with E-state index < -0.39 is 10.0 Å². The molecule has 0 radical (unpaired) electrons. The Morgan fingerprint density at radius 2 is 1.95 bits per heavy atom. The quantitative estimate of drug-likeness (QED) is 0.855. The largest absolute Gasteiger partial charge is 0.279 e. The van der Waals surface area contributed by atoms with Gasteiger partial charge in [0.2, 0.25) is 0 Å². The molecule has 7 heteroatoms. The van der Waals surface area contributed by atoms with Crippen LogP contribution in [-0.2, 0) is 22.4 Å². The van der Waals surface area contributed by atoms with Crippen LogP contribution in [0.25, 0.3) is 0 Å². The lowest BCUT2D eigenvalue weighted by molar-refractivity contribution is 0.599. The lowest BCUT2D eigenvalue weighted by atomic mass is 10.2. The summed E-state index contributed by atoms with van der Waals surface area (Å²) in [6.07, 6.45) is 0. The predicted octanol–water partition coefficient (Wildman–Crippen LogP) is 2.73. The van der Waals surface area contributed by atoms with Crippen molar-refractivity contribution in [3.63, 3.8) is 0 Å². The summed E-state index contributed by atoms with van der Waals surface area (Å²) in [4.78, 5) is 0.240. The van der Waals surface area contributed by atoms with E-state index in [-0.39, 0.29) is 4.90 Å². The van der Waals surface area contributed by atoms with E-state index in [4.69, 9.17) is 0 Å². The van der Waals surface area contributed by atoms with Crippen LogP contribution in [0.1, 0.15) is 17.0 Å². The van der Waals surface area contributed by atoms with Crippen molar-refractivity contribution in [2.45, 2.75) is 24.1 Å². The van der Waals surface area contributed by atoms with Crippen LogP contribution in [0.5, 0.6) is 0 Å². The number of halogens is 1. The van der Waals surface area contributed by atoms with Gasteiger partial charge in [0.15, 0.2) is 0 Å². The number of aromatic nitrogens is 2. The molecule has 0 unspecified atom stereocenters. The summed E-state index contributed by atoms with van der Waals surface area (Å²) in [5, 5.41) is 4.73. The highest BCUT2D eigenvalue weighted by atomic mass is 79.9. The van der Waals surface area contributed by atoms with E-state index in [1.165, 1.54) is 0 Å². The van der Waals surface area contributed by atoms with Gasteiger partial charge >= 0.3 is 0 Å². The number of nitrogens with zero attached hydrogens (tertiary/aromatic N) is 2. The van der Waals surface area contributed by atoms with Gasteiger partial charge in [-0.15, -0.1) is 0 Å². The number of para-hydroxylation sites is 1. The van der Waals surface area contributed by atoms with E-state index in [0.717, 1.165) is 5.56 Å². The number of benzene rings is 1. The number of anilines is 1. The molecule has 0 spiro atoms. The predicted molar refractivity (Wildman–Crippen MR) is 82.6 cm³/mol. The average Bonchev–Trinajstić information content (AvgIpc) is 2.63. The van der Waals surface area contributed by atoms with Gasteiger partial charge in [0.25, 0.3) is 10.0 Å². The summed E-state index contributed by atoms with van der Waals surface area (Å²) < 4.78 is 29.3. The van der Waals surface area contributed by atoms with Gasteiger partial charge < -0.3 is 0 Å². The summed E-state index contributed by atoms with van der Waals surface area (Å²) in [6.45, 7) is 3.43. The molecule has 108 valence electrons. The summed E-state index contributed by atoms with van der Waals surface area (Å²) in [5.41, 5.74) is 2.57. The molecule has 1 heterocycles. The highest BCUT2D eigenvalue weighted by Gasteiger charge is 2.24. The number of sulfonamides is 1. The van der Waals surface area contributed by atoms with Crippen molar-refractivity contribution in [1.29, 1.82) is 0 Å². The lowest BCUT2D eigenvalue weighted by Gasteiger charge is -2.11. The molecule has 0 atom stereocenters. The summed E-state index contributed by atoms with van der Waals surface area (Å²) in [6, 6.07) is 7.28. The molecular weight excluding hydrogens is 342 g/mol. The van der Waals surface area contributed by atoms with Crippen LogP contribution in [0.4, 0.5) is 5.69 Å². The number of hydrogen-bond acceptors (Lipinski definition) is 3. The van der Waals surface area contributed by atoms with E-state index in [0.29, 0.717) is 22.4 Å².